The fourth-order valence-electron chi connectivity index (χ4n) is 2.60. The molecule has 2 rings (SSSR count). The van der Waals surface area contributed by atoms with Crippen LogP contribution >= 0.6 is 0 Å². The predicted molar refractivity (Wildman–Crippen MR) is 75.8 cm³/mol. The molecule has 0 fully saturated rings. The summed E-state index contributed by atoms with van der Waals surface area (Å²) in [6.45, 7) is 6.23. The van der Waals surface area contributed by atoms with E-state index in [4.69, 9.17) is 4.74 Å². The lowest BCUT2D eigenvalue weighted by atomic mass is 9.93. The fraction of sp³-hybridized carbons (Fsp3) is 0.562. The van der Waals surface area contributed by atoms with Gasteiger partial charge < -0.3 is 4.74 Å². The molecule has 3 heteroatoms. The van der Waals surface area contributed by atoms with E-state index in [-0.39, 0.29) is 12.0 Å². The Labute approximate surface area is 115 Å². The van der Waals surface area contributed by atoms with Crippen molar-refractivity contribution in [3.05, 3.63) is 35.4 Å². The van der Waals surface area contributed by atoms with Crippen LogP contribution in [0.4, 0.5) is 0 Å². The second kappa shape index (κ2) is 6.20. The van der Waals surface area contributed by atoms with Crippen molar-refractivity contribution >= 4 is 5.97 Å². The number of nitrogens with zero attached hydrogens (tertiary/aromatic N) is 1. The monoisotopic (exact) mass is 261 g/mol. The molecule has 1 heterocycles. The molecular weight excluding hydrogens is 238 g/mol. The van der Waals surface area contributed by atoms with Crippen LogP contribution < -0.4 is 0 Å². The zero-order chi connectivity index (χ0) is 13.8. The maximum Gasteiger partial charge on any atom is 0.323 e. The Morgan fingerprint density at radius 3 is 2.68 bits per heavy atom. The Hall–Kier alpha value is -1.35. The molecule has 0 N–H and O–H groups in total. The molecule has 0 saturated carbocycles. The third-order valence-electron chi connectivity index (χ3n) is 3.81. The number of carbonyl (C=O) groups excluding carboxylic acids is 1. The van der Waals surface area contributed by atoms with Gasteiger partial charge in [-0.25, -0.2) is 0 Å². The molecule has 1 aromatic rings. The first-order valence-electron chi connectivity index (χ1n) is 7.00. The van der Waals surface area contributed by atoms with E-state index in [0.717, 1.165) is 25.9 Å². The van der Waals surface area contributed by atoms with Crippen molar-refractivity contribution in [3.63, 3.8) is 0 Å². The van der Waals surface area contributed by atoms with Crippen molar-refractivity contribution in [2.45, 2.75) is 39.3 Å². The summed E-state index contributed by atoms with van der Waals surface area (Å²) in [5, 5.41) is 0. The SMILES string of the molecule is COC(=O)C1Cc2ccccc2CN1CCC(C)C. The molecule has 0 spiro atoms. The summed E-state index contributed by atoms with van der Waals surface area (Å²) in [5.41, 5.74) is 2.62. The molecule has 1 aliphatic rings. The Morgan fingerprint density at radius 2 is 2.05 bits per heavy atom. The normalized spacial score (nSPS) is 19.3. The number of esters is 1. The molecular formula is C16H23NO2. The number of carbonyl (C=O) groups is 1. The van der Waals surface area contributed by atoms with E-state index < -0.39 is 0 Å². The molecule has 0 bridgehead atoms. The summed E-state index contributed by atoms with van der Waals surface area (Å²) in [7, 11) is 1.48. The largest absolute Gasteiger partial charge is 0.468 e. The summed E-state index contributed by atoms with van der Waals surface area (Å²) < 4.78 is 4.96. The highest BCUT2D eigenvalue weighted by Gasteiger charge is 2.31. The van der Waals surface area contributed by atoms with Gasteiger partial charge in [0.2, 0.25) is 0 Å². The second-order valence-electron chi connectivity index (χ2n) is 5.66. The van der Waals surface area contributed by atoms with Gasteiger partial charge in [-0.1, -0.05) is 38.1 Å². The van der Waals surface area contributed by atoms with Gasteiger partial charge in [-0.15, -0.1) is 0 Å². The Morgan fingerprint density at radius 1 is 1.37 bits per heavy atom. The summed E-state index contributed by atoms with van der Waals surface area (Å²) >= 11 is 0. The van der Waals surface area contributed by atoms with E-state index in [1.54, 1.807) is 0 Å². The van der Waals surface area contributed by atoms with Gasteiger partial charge in [0.05, 0.1) is 7.11 Å². The first-order valence-corrected chi connectivity index (χ1v) is 7.00. The summed E-state index contributed by atoms with van der Waals surface area (Å²) in [6.07, 6.45) is 1.87. The van der Waals surface area contributed by atoms with Gasteiger partial charge in [-0.2, -0.15) is 0 Å². The first kappa shape index (κ1) is 14.1. The van der Waals surface area contributed by atoms with Crippen LogP contribution in [0.25, 0.3) is 0 Å². The van der Waals surface area contributed by atoms with E-state index in [2.05, 4.69) is 36.9 Å². The van der Waals surface area contributed by atoms with Crippen LogP contribution in [0.1, 0.15) is 31.4 Å². The van der Waals surface area contributed by atoms with Crippen LogP contribution in [-0.4, -0.2) is 30.6 Å². The molecule has 1 aromatic carbocycles. The zero-order valence-corrected chi connectivity index (χ0v) is 12.1. The van der Waals surface area contributed by atoms with Gasteiger partial charge in [0, 0.05) is 6.54 Å². The quantitative estimate of drug-likeness (QED) is 0.780. The number of rotatable bonds is 4. The van der Waals surface area contributed by atoms with Crippen molar-refractivity contribution in [3.8, 4) is 0 Å². The maximum atomic E-state index is 12.0. The first-order chi connectivity index (χ1) is 9.11. The van der Waals surface area contributed by atoms with Crippen LogP contribution in [0.3, 0.4) is 0 Å². The van der Waals surface area contributed by atoms with Gasteiger partial charge in [0.25, 0.3) is 0 Å². The molecule has 0 aliphatic carbocycles. The lowest BCUT2D eigenvalue weighted by molar-refractivity contribution is -0.147. The molecule has 3 nitrogen and oxygen atoms in total. The minimum Gasteiger partial charge on any atom is -0.468 e. The Balaban J connectivity index is 2.16. The molecule has 1 atom stereocenters. The highest BCUT2D eigenvalue weighted by molar-refractivity contribution is 5.76. The van der Waals surface area contributed by atoms with Crippen LogP contribution in [0.15, 0.2) is 24.3 Å². The number of ether oxygens (including phenoxy) is 1. The predicted octanol–water partition coefficient (Wildman–Crippen LogP) is 2.63. The molecule has 0 radical (unpaired) electrons. The Bertz CT molecular complexity index is 442. The van der Waals surface area contributed by atoms with Gasteiger partial charge in [-0.05, 0) is 36.4 Å². The molecule has 0 amide bonds. The topological polar surface area (TPSA) is 29.5 Å². The molecule has 0 aromatic heterocycles. The standard InChI is InChI=1S/C16H23NO2/c1-12(2)8-9-17-11-14-7-5-4-6-13(14)10-15(17)16(18)19-3/h4-7,12,15H,8-11H2,1-3H3. The van der Waals surface area contributed by atoms with Crippen molar-refractivity contribution < 1.29 is 9.53 Å². The number of methoxy groups -OCH3 is 1. The van der Waals surface area contributed by atoms with Crippen molar-refractivity contribution in [1.82, 2.24) is 4.90 Å². The third kappa shape index (κ3) is 3.35. The summed E-state index contributed by atoms with van der Waals surface area (Å²) in [5.74, 6) is 0.536. The van der Waals surface area contributed by atoms with Crippen LogP contribution in [0.2, 0.25) is 0 Å². The van der Waals surface area contributed by atoms with Crippen LogP contribution in [0.5, 0.6) is 0 Å². The van der Waals surface area contributed by atoms with E-state index >= 15 is 0 Å². The van der Waals surface area contributed by atoms with Crippen molar-refractivity contribution in [1.29, 1.82) is 0 Å². The van der Waals surface area contributed by atoms with E-state index in [1.807, 2.05) is 6.07 Å². The van der Waals surface area contributed by atoms with Gasteiger partial charge >= 0.3 is 5.97 Å². The minimum absolute atomic E-state index is 0.113. The van der Waals surface area contributed by atoms with E-state index in [0.29, 0.717) is 5.92 Å². The molecule has 19 heavy (non-hydrogen) atoms. The highest BCUT2D eigenvalue weighted by atomic mass is 16.5. The average Bonchev–Trinajstić information content (AvgIpc) is 2.43. The fourth-order valence-corrected chi connectivity index (χ4v) is 2.60. The smallest absolute Gasteiger partial charge is 0.323 e. The van der Waals surface area contributed by atoms with E-state index in [1.165, 1.54) is 18.2 Å². The maximum absolute atomic E-state index is 12.0. The van der Waals surface area contributed by atoms with Gasteiger partial charge in [-0.3, -0.25) is 9.69 Å². The van der Waals surface area contributed by atoms with E-state index in [9.17, 15) is 4.79 Å². The average molecular weight is 261 g/mol. The van der Waals surface area contributed by atoms with Crippen LogP contribution in [0, 0.1) is 5.92 Å². The molecule has 0 saturated heterocycles. The van der Waals surface area contributed by atoms with Crippen molar-refractivity contribution in [2.24, 2.45) is 5.92 Å². The molecule has 1 aliphatic heterocycles. The Kier molecular flexibility index (Phi) is 4.59. The lowest BCUT2D eigenvalue weighted by Crippen LogP contribution is -2.46. The van der Waals surface area contributed by atoms with Crippen LogP contribution in [-0.2, 0) is 22.5 Å². The number of benzene rings is 1. The lowest BCUT2D eigenvalue weighted by Gasteiger charge is -2.35. The zero-order valence-electron chi connectivity index (χ0n) is 12.1. The number of hydrogen-bond acceptors (Lipinski definition) is 3. The molecule has 104 valence electrons. The summed E-state index contributed by atoms with van der Waals surface area (Å²) in [6, 6.07) is 8.25. The van der Waals surface area contributed by atoms with Crippen molar-refractivity contribution in [2.75, 3.05) is 13.7 Å². The molecule has 1 unspecified atom stereocenters. The third-order valence-corrected chi connectivity index (χ3v) is 3.81. The second-order valence-corrected chi connectivity index (χ2v) is 5.66. The highest BCUT2D eigenvalue weighted by Crippen LogP contribution is 2.24. The number of hydrogen-bond donors (Lipinski definition) is 0. The van der Waals surface area contributed by atoms with Gasteiger partial charge in [0.15, 0.2) is 0 Å². The van der Waals surface area contributed by atoms with Gasteiger partial charge in [0.1, 0.15) is 6.04 Å². The summed E-state index contributed by atoms with van der Waals surface area (Å²) in [4.78, 5) is 14.2. The number of fused-ring (bicyclic) bond motifs is 1. The minimum atomic E-state index is -0.126.